The van der Waals surface area contributed by atoms with E-state index in [1.54, 1.807) is 18.4 Å². The zero-order valence-electron chi connectivity index (χ0n) is 16.1. The van der Waals surface area contributed by atoms with Crippen LogP contribution in [-0.4, -0.2) is 44.0 Å². The molecule has 0 fully saturated rings. The van der Waals surface area contributed by atoms with Crippen molar-refractivity contribution in [2.45, 2.75) is 6.42 Å². The molecule has 0 radical (unpaired) electrons. The van der Waals surface area contributed by atoms with Gasteiger partial charge in [-0.3, -0.25) is 5.32 Å². The molecule has 1 aromatic carbocycles. The van der Waals surface area contributed by atoms with Gasteiger partial charge in [0.25, 0.3) is 11.6 Å². The molecule has 0 saturated carbocycles. The van der Waals surface area contributed by atoms with E-state index in [2.05, 4.69) is 35.7 Å². The van der Waals surface area contributed by atoms with Crippen molar-refractivity contribution >= 4 is 23.5 Å². The number of rotatable bonds is 7. The molecule has 0 amide bonds. The highest BCUT2D eigenvalue weighted by Crippen LogP contribution is 2.17. The van der Waals surface area contributed by atoms with E-state index < -0.39 is 0 Å². The van der Waals surface area contributed by atoms with E-state index >= 15 is 0 Å². The summed E-state index contributed by atoms with van der Waals surface area (Å²) in [6.45, 7) is 0.608. The van der Waals surface area contributed by atoms with Crippen molar-refractivity contribution < 1.29 is 9.73 Å². The predicted octanol–water partition coefficient (Wildman–Crippen LogP) is 0.902. The average molecular weight is 406 g/mol. The van der Waals surface area contributed by atoms with Crippen LogP contribution in [0.5, 0.6) is 0 Å². The van der Waals surface area contributed by atoms with Crippen LogP contribution in [0.25, 0.3) is 17.4 Å². The van der Waals surface area contributed by atoms with Crippen molar-refractivity contribution in [1.82, 2.24) is 24.6 Å². The second-order valence-electron chi connectivity index (χ2n) is 6.28. The zero-order chi connectivity index (χ0) is 20.9. The van der Waals surface area contributed by atoms with Gasteiger partial charge in [0, 0.05) is 6.54 Å². The summed E-state index contributed by atoms with van der Waals surface area (Å²) in [7, 11) is 1.86. The van der Waals surface area contributed by atoms with Gasteiger partial charge in [-0.15, -0.1) is 5.10 Å². The first kappa shape index (κ1) is 19.1. The summed E-state index contributed by atoms with van der Waals surface area (Å²) in [5, 5.41) is 16.1. The van der Waals surface area contributed by atoms with E-state index in [9.17, 15) is 0 Å². The summed E-state index contributed by atoms with van der Waals surface area (Å²) in [6.07, 6.45) is 2.30. The first-order chi connectivity index (χ1) is 14.7. The number of benzene rings is 1. The molecule has 0 spiro atoms. The molecule has 3 heterocycles. The molecule has 4 rings (SSSR count). The number of furan rings is 1. The van der Waals surface area contributed by atoms with Crippen LogP contribution in [0, 0.1) is 5.53 Å². The maximum atomic E-state index is 6.88. The molecule has 0 aliphatic heterocycles. The first-order valence-electron chi connectivity index (χ1n) is 9.19. The highest BCUT2D eigenvalue weighted by molar-refractivity contribution is 5.91. The minimum atomic E-state index is 0.180. The Balaban J connectivity index is 1.42. The molecule has 0 atom stereocenters. The lowest BCUT2D eigenvalue weighted by Gasteiger charge is -2.06. The third-order valence-electron chi connectivity index (χ3n) is 4.35. The lowest BCUT2D eigenvalue weighted by Crippen LogP contribution is -2.84. The van der Waals surface area contributed by atoms with Gasteiger partial charge in [-0.25, -0.2) is 0 Å². The molecular formula is C18H20N11O+. The number of nitrogens with zero attached hydrogens (tertiary/aromatic N) is 7. The number of quaternary nitrogens is 1. The smallest absolute Gasteiger partial charge is 0.259 e. The normalized spacial score (nSPS) is 11.7. The number of nitrogen functional groups attached to an aromatic ring is 1. The number of aromatic nitrogens is 5. The van der Waals surface area contributed by atoms with E-state index in [1.165, 1.54) is 4.52 Å². The maximum absolute atomic E-state index is 6.88. The summed E-state index contributed by atoms with van der Waals surface area (Å²) in [4.78, 5) is 12.9. The Kier molecular flexibility index (Phi) is 5.39. The second kappa shape index (κ2) is 8.45. The van der Waals surface area contributed by atoms with Crippen LogP contribution >= 0.6 is 0 Å². The summed E-state index contributed by atoms with van der Waals surface area (Å²) < 4.78 is 6.68. The summed E-state index contributed by atoms with van der Waals surface area (Å²) >= 11 is 0. The minimum Gasteiger partial charge on any atom is -0.461 e. The van der Waals surface area contributed by atoms with Crippen LogP contribution in [0.2, 0.25) is 0 Å². The Morgan fingerprint density at radius 2 is 2.07 bits per heavy atom. The third-order valence-corrected chi connectivity index (χ3v) is 4.35. The Morgan fingerprint density at radius 3 is 2.77 bits per heavy atom. The molecule has 0 saturated heterocycles. The zero-order valence-corrected chi connectivity index (χ0v) is 16.1. The van der Waals surface area contributed by atoms with E-state index in [0.29, 0.717) is 35.7 Å². The van der Waals surface area contributed by atoms with Gasteiger partial charge < -0.3 is 15.5 Å². The molecule has 3 aromatic heterocycles. The number of amidine groups is 1. The fraction of sp³-hybridized carbons (Fsp3) is 0.167. The standard InChI is InChI=1S/C18H19N11O/c1-21-14(26-28-20)12-6-4-11(5-7-12)8-9-22-17-24-16(19)29-18(25-17)23-15(27-29)13-3-2-10-30-13/h2-7,10H,8-9H2,1H3,(H2,20,21,26)(H3,19,22,23,24,25,27)/p+1. The maximum Gasteiger partial charge on any atom is 0.259 e. The molecular weight excluding hydrogens is 386 g/mol. The van der Waals surface area contributed by atoms with Crippen LogP contribution in [0.3, 0.4) is 0 Å². The number of hydrogen-bond acceptors (Lipinski definition) is 9. The quantitative estimate of drug-likeness (QED) is 0.153. The van der Waals surface area contributed by atoms with Gasteiger partial charge in [0.05, 0.1) is 18.9 Å². The van der Waals surface area contributed by atoms with Crippen molar-refractivity contribution in [2.24, 2.45) is 10.3 Å². The molecule has 6 N–H and O–H groups in total. The Hall–Kier alpha value is -4.19. The van der Waals surface area contributed by atoms with Crippen molar-refractivity contribution in [2.75, 3.05) is 24.6 Å². The van der Waals surface area contributed by atoms with Gasteiger partial charge >= 0.3 is 0 Å². The van der Waals surface area contributed by atoms with Crippen LogP contribution in [-0.2, 0) is 6.42 Å². The molecule has 0 aliphatic rings. The van der Waals surface area contributed by atoms with Crippen molar-refractivity contribution in [3.05, 3.63) is 53.8 Å². The van der Waals surface area contributed by atoms with Gasteiger partial charge in [-0.05, 0) is 41.5 Å². The minimum absolute atomic E-state index is 0.180. The van der Waals surface area contributed by atoms with Gasteiger partial charge in [0.15, 0.2) is 5.76 Å². The number of fused-ring (bicyclic) bond motifs is 1. The topological polar surface area (TPSA) is 172 Å². The van der Waals surface area contributed by atoms with Crippen molar-refractivity contribution in [3.63, 3.8) is 0 Å². The van der Waals surface area contributed by atoms with Crippen molar-refractivity contribution in [3.8, 4) is 11.6 Å². The second-order valence-corrected chi connectivity index (χ2v) is 6.28. The lowest BCUT2D eigenvalue weighted by atomic mass is 10.1. The van der Waals surface area contributed by atoms with Gasteiger partial charge in [-0.2, -0.15) is 25.0 Å². The Bertz CT molecular complexity index is 1180. The highest BCUT2D eigenvalue weighted by atomic mass is 16.3. The number of nitrogens with one attached hydrogen (secondary N) is 2. The monoisotopic (exact) mass is 406 g/mol. The molecule has 30 heavy (non-hydrogen) atoms. The summed E-state index contributed by atoms with van der Waals surface area (Å²) in [6, 6.07) is 11.4. The van der Waals surface area contributed by atoms with Crippen LogP contribution in [0.4, 0.5) is 11.9 Å². The Labute approximate surface area is 170 Å². The summed E-state index contributed by atoms with van der Waals surface area (Å²) in [5.74, 6) is 2.48. The van der Waals surface area contributed by atoms with Crippen LogP contribution < -0.4 is 16.4 Å². The average Bonchev–Trinajstić information content (AvgIpc) is 3.43. The number of anilines is 2. The fourth-order valence-corrected chi connectivity index (χ4v) is 2.89. The third kappa shape index (κ3) is 3.98. The lowest BCUT2D eigenvalue weighted by molar-refractivity contribution is -0.505. The highest BCUT2D eigenvalue weighted by Gasteiger charge is 2.13. The molecule has 0 unspecified atom stereocenters. The largest absolute Gasteiger partial charge is 0.461 e. The Morgan fingerprint density at radius 1 is 1.23 bits per heavy atom. The molecule has 4 aromatic rings. The van der Waals surface area contributed by atoms with Crippen molar-refractivity contribution in [1.29, 1.82) is 5.53 Å². The molecule has 0 aliphatic carbocycles. The van der Waals surface area contributed by atoms with E-state index in [1.807, 2.05) is 36.6 Å². The fourth-order valence-electron chi connectivity index (χ4n) is 2.89. The van der Waals surface area contributed by atoms with Gasteiger partial charge in [-0.1, -0.05) is 17.2 Å². The van der Waals surface area contributed by atoms with E-state index in [-0.39, 0.29) is 5.95 Å². The number of hydrogen-bond donors (Lipinski definition) is 4. The van der Waals surface area contributed by atoms with Gasteiger partial charge in [0.1, 0.15) is 0 Å². The molecule has 152 valence electrons. The molecule has 0 bridgehead atoms. The van der Waals surface area contributed by atoms with E-state index in [4.69, 9.17) is 15.7 Å². The van der Waals surface area contributed by atoms with E-state index in [0.717, 1.165) is 17.5 Å². The van der Waals surface area contributed by atoms with Gasteiger partial charge in [0.2, 0.25) is 17.7 Å². The predicted molar refractivity (Wildman–Crippen MR) is 109 cm³/mol. The summed E-state index contributed by atoms with van der Waals surface area (Å²) in [5.41, 5.74) is 14.9. The first-order valence-corrected chi connectivity index (χ1v) is 9.19. The number of nitrogens with two attached hydrogens (primary N) is 2. The molecule has 12 heteroatoms. The van der Waals surface area contributed by atoms with Crippen LogP contribution in [0.15, 0.2) is 57.4 Å². The molecule has 12 nitrogen and oxygen atoms in total. The SMILES string of the molecule is C[NH2+]C(=NN=N)c1ccc(CCNc2nc(N)n3nc(-c4ccco4)nc3n2)cc1. The van der Waals surface area contributed by atoms with Crippen LogP contribution in [0.1, 0.15) is 11.1 Å².